The summed E-state index contributed by atoms with van der Waals surface area (Å²) in [6.45, 7) is 7.83. The van der Waals surface area contributed by atoms with Crippen molar-refractivity contribution in [2.75, 3.05) is 25.6 Å². The van der Waals surface area contributed by atoms with E-state index in [-0.39, 0.29) is 11.9 Å². The molecule has 5 nitrogen and oxygen atoms in total. The van der Waals surface area contributed by atoms with Crippen molar-refractivity contribution in [3.8, 4) is 5.75 Å². The lowest BCUT2D eigenvalue weighted by Gasteiger charge is -2.28. The number of carbonyl (C=O) groups excluding carboxylic acids is 1. The van der Waals surface area contributed by atoms with Crippen LogP contribution in [0.3, 0.4) is 0 Å². The zero-order chi connectivity index (χ0) is 22.8. The van der Waals surface area contributed by atoms with Gasteiger partial charge < -0.3 is 18.0 Å². The van der Waals surface area contributed by atoms with Crippen LogP contribution in [0.2, 0.25) is 6.04 Å². The second kappa shape index (κ2) is 12.6. The molecule has 1 aliphatic rings. The highest BCUT2D eigenvalue weighted by Crippen LogP contribution is 2.34. The maximum absolute atomic E-state index is 12.4. The van der Waals surface area contributed by atoms with E-state index in [1.165, 1.54) is 5.56 Å². The molecular weight excluding hydrogens is 440 g/mol. The molecule has 1 aliphatic heterocycles. The van der Waals surface area contributed by atoms with Gasteiger partial charge >= 0.3 is 8.80 Å². The van der Waals surface area contributed by atoms with Crippen LogP contribution in [-0.4, -0.2) is 40.2 Å². The third kappa shape index (κ3) is 6.68. The fourth-order valence-corrected chi connectivity index (χ4v) is 7.66. The van der Waals surface area contributed by atoms with Gasteiger partial charge in [0.2, 0.25) is 0 Å². The normalized spacial score (nSPS) is 16.0. The van der Waals surface area contributed by atoms with Gasteiger partial charge in [0.05, 0.1) is 12.0 Å². The van der Waals surface area contributed by atoms with Crippen molar-refractivity contribution in [1.29, 1.82) is 0 Å². The first-order chi connectivity index (χ1) is 15.6. The average molecular weight is 475 g/mol. The van der Waals surface area contributed by atoms with E-state index in [1.54, 1.807) is 0 Å². The minimum absolute atomic E-state index is 0.141. The third-order valence-corrected chi connectivity index (χ3v) is 9.58. The molecule has 3 rings (SSSR count). The van der Waals surface area contributed by atoms with Crippen LogP contribution < -0.4 is 4.74 Å². The third-order valence-electron chi connectivity index (χ3n) is 5.31. The van der Waals surface area contributed by atoms with Crippen molar-refractivity contribution in [1.82, 2.24) is 0 Å². The Hall–Kier alpha value is -1.64. The molecule has 0 amide bonds. The van der Waals surface area contributed by atoms with E-state index in [4.69, 9.17) is 18.0 Å². The number of ether oxygens (including phenoxy) is 1. The van der Waals surface area contributed by atoms with Crippen molar-refractivity contribution >= 4 is 26.3 Å². The van der Waals surface area contributed by atoms with Crippen LogP contribution in [0.4, 0.5) is 0 Å². The zero-order valence-electron chi connectivity index (χ0n) is 19.3. The summed E-state index contributed by atoms with van der Waals surface area (Å²) in [5, 5.41) is 0. The Kier molecular flexibility index (Phi) is 9.81. The molecular formula is C25H34O5SSi. The maximum Gasteiger partial charge on any atom is 0.500 e. The lowest BCUT2D eigenvalue weighted by Crippen LogP contribution is -2.46. The molecule has 7 heteroatoms. The van der Waals surface area contributed by atoms with E-state index in [0.717, 1.165) is 29.5 Å². The zero-order valence-corrected chi connectivity index (χ0v) is 21.1. The van der Waals surface area contributed by atoms with Gasteiger partial charge in [0, 0.05) is 31.6 Å². The molecule has 0 aliphatic carbocycles. The first-order valence-corrected chi connectivity index (χ1v) is 14.6. The van der Waals surface area contributed by atoms with Crippen LogP contribution in [0.15, 0.2) is 48.5 Å². The molecule has 0 fully saturated rings. The molecule has 2 aromatic carbocycles. The SMILES string of the molecule is CCO[Si](CCCSCc1ccc(C2CC(=O)c3ccccc3O2)cc1)(OCC)OCC. The predicted octanol–water partition coefficient (Wildman–Crippen LogP) is 6.06. The molecule has 1 unspecified atom stereocenters. The molecule has 1 atom stereocenters. The Balaban J connectivity index is 1.47. The number of thioether (sulfide) groups is 1. The van der Waals surface area contributed by atoms with Crippen LogP contribution in [0.5, 0.6) is 5.75 Å². The fourth-order valence-electron chi connectivity index (χ4n) is 3.87. The standard InChI is InChI=1S/C25H34O5SSi/c1-4-27-32(28-5-2,29-6-3)17-9-16-31-19-20-12-14-21(15-13-20)25-18-23(26)22-10-7-8-11-24(22)30-25/h7-8,10-15,25H,4-6,9,16-19H2,1-3H3. The van der Waals surface area contributed by atoms with Crippen LogP contribution in [0, 0.1) is 0 Å². The Bertz CT molecular complexity index is 841. The summed E-state index contributed by atoms with van der Waals surface area (Å²) in [4.78, 5) is 12.4. The molecule has 0 bridgehead atoms. The van der Waals surface area contributed by atoms with Crippen LogP contribution in [-0.2, 0) is 19.0 Å². The molecule has 0 saturated carbocycles. The largest absolute Gasteiger partial charge is 0.500 e. The summed E-state index contributed by atoms with van der Waals surface area (Å²) in [5.74, 6) is 2.79. The van der Waals surface area contributed by atoms with Gasteiger partial charge in [-0.05, 0) is 56.2 Å². The topological polar surface area (TPSA) is 54.0 Å². The Morgan fingerprint density at radius 3 is 2.28 bits per heavy atom. The Morgan fingerprint density at radius 2 is 1.62 bits per heavy atom. The van der Waals surface area contributed by atoms with Crippen LogP contribution in [0.25, 0.3) is 0 Å². The molecule has 0 spiro atoms. The highest BCUT2D eigenvalue weighted by atomic mass is 32.2. The minimum atomic E-state index is -2.54. The summed E-state index contributed by atoms with van der Waals surface area (Å²) < 4.78 is 23.8. The summed E-state index contributed by atoms with van der Waals surface area (Å²) in [7, 11) is -2.54. The van der Waals surface area contributed by atoms with E-state index in [1.807, 2.05) is 56.8 Å². The van der Waals surface area contributed by atoms with E-state index >= 15 is 0 Å². The number of benzene rings is 2. The summed E-state index contributed by atoms with van der Waals surface area (Å²) >= 11 is 1.90. The van der Waals surface area contributed by atoms with E-state index < -0.39 is 8.80 Å². The first-order valence-electron chi connectivity index (χ1n) is 11.5. The smallest absolute Gasteiger partial charge is 0.484 e. The molecule has 1 heterocycles. The molecule has 0 radical (unpaired) electrons. The number of hydrogen-bond donors (Lipinski definition) is 0. The molecule has 174 valence electrons. The predicted molar refractivity (Wildman–Crippen MR) is 131 cm³/mol. The lowest BCUT2D eigenvalue weighted by atomic mass is 9.96. The van der Waals surface area contributed by atoms with E-state index in [9.17, 15) is 4.79 Å². The highest BCUT2D eigenvalue weighted by molar-refractivity contribution is 7.98. The monoisotopic (exact) mass is 474 g/mol. The van der Waals surface area contributed by atoms with Crippen molar-refractivity contribution in [2.45, 2.75) is 51.5 Å². The molecule has 0 N–H and O–H groups in total. The number of ketones is 1. The second-order valence-corrected chi connectivity index (χ2v) is 11.4. The highest BCUT2D eigenvalue weighted by Gasteiger charge is 2.39. The lowest BCUT2D eigenvalue weighted by molar-refractivity contribution is 0.0712. The number of fused-ring (bicyclic) bond motifs is 1. The molecule has 0 saturated heterocycles. The summed E-state index contributed by atoms with van der Waals surface area (Å²) in [5.41, 5.74) is 2.99. The number of rotatable bonds is 13. The van der Waals surface area contributed by atoms with E-state index in [0.29, 0.717) is 37.6 Å². The van der Waals surface area contributed by atoms with Gasteiger partial charge in [0.15, 0.2) is 5.78 Å². The first kappa shape index (κ1) is 25.0. The van der Waals surface area contributed by atoms with Crippen molar-refractivity contribution in [3.63, 3.8) is 0 Å². The van der Waals surface area contributed by atoms with Crippen molar-refractivity contribution < 1.29 is 22.8 Å². The van der Waals surface area contributed by atoms with Gasteiger partial charge in [0.25, 0.3) is 0 Å². The van der Waals surface area contributed by atoms with Gasteiger partial charge in [-0.25, -0.2) is 0 Å². The number of Topliss-reactive ketones (excluding diaryl/α,β-unsaturated/α-hetero) is 1. The van der Waals surface area contributed by atoms with E-state index in [2.05, 4.69) is 24.3 Å². The molecule has 0 aromatic heterocycles. The van der Waals surface area contributed by atoms with Crippen molar-refractivity contribution in [2.24, 2.45) is 0 Å². The van der Waals surface area contributed by atoms with Gasteiger partial charge in [0.1, 0.15) is 11.9 Å². The number of carbonyl (C=O) groups is 1. The van der Waals surface area contributed by atoms with Gasteiger partial charge in [-0.1, -0.05) is 36.4 Å². The fraction of sp³-hybridized carbons (Fsp3) is 0.480. The number of para-hydroxylation sites is 1. The number of hydrogen-bond acceptors (Lipinski definition) is 6. The average Bonchev–Trinajstić information content (AvgIpc) is 2.80. The van der Waals surface area contributed by atoms with Crippen molar-refractivity contribution in [3.05, 3.63) is 65.2 Å². The van der Waals surface area contributed by atoms with Crippen LogP contribution >= 0.6 is 11.8 Å². The molecule has 2 aromatic rings. The van der Waals surface area contributed by atoms with Gasteiger partial charge in [-0.3, -0.25) is 4.79 Å². The molecule has 32 heavy (non-hydrogen) atoms. The Morgan fingerprint density at radius 1 is 0.969 bits per heavy atom. The minimum Gasteiger partial charge on any atom is -0.484 e. The summed E-state index contributed by atoms with van der Waals surface area (Å²) in [6, 6.07) is 16.8. The maximum atomic E-state index is 12.4. The summed E-state index contributed by atoms with van der Waals surface area (Å²) in [6.07, 6.45) is 1.18. The van der Waals surface area contributed by atoms with Gasteiger partial charge in [-0.15, -0.1) is 0 Å². The van der Waals surface area contributed by atoms with Crippen LogP contribution in [0.1, 0.15) is 61.2 Å². The second-order valence-electron chi connectivity index (χ2n) is 7.61. The van der Waals surface area contributed by atoms with Gasteiger partial charge in [-0.2, -0.15) is 11.8 Å². The Labute approximate surface area is 197 Å². The quantitative estimate of drug-likeness (QED) is 0.260.